The fourth-order valence-electron chi connectivity index (χ4n) is 1.55. The van der Waals surface area contributed by atoms with Crippen LogP contribution in [0.3, 0.4) is 0 Å². The van der Waals surface area contributed by atoms with E-state index in [9.17, 15) is 4.79 Å². The van der Waals surface area contributed by atoms with Crippen LogP contribution >= 0.6 is 0 Å². The maximum absolute atomic E-state index is 11.3. The van der Waals surface area contributed by atoms with E-state index in [2.05, 4.69) is 4.98 Å². The Hall–Kier alpha value is -1.56. The van der Waals surface area contributed by atoms with Crippen molar-refractivity contribution in [3.8, 4) is 6.08 Å². The minimum Gasteiger partial charge on any atom is -0.461 e. The lowest BCUT2D eigenvalue weighted by molar-refractivity contribution is 0.0133. The second kappa shape index (κ2) is 5.67. The topological polar surface area (TPSA) is 70.8 Å². The van der Waals surface area contributed by atoms with Gasteiger partial charge in [0.25, 0.3) is 0 Å². The van der Waals surface area contributed by atoms with Crippen molar-refractivity contribution in [2.75, 3.05) is 19.8 Å². The minimum absolute atomic E-state index is 0.0393. The first kappa shape index (κ1) is 11.9. The molecule has 0 saturated carbocycles. The van der Waals surface area contributed by atoms with Crippen LogP contribution in [0.4, 0.5) is 0 Å². The van der Waals surface area contributed by atoms with E-state index in [-0.39, 0.29) is 17.9 Å². The predicted molar refractivity (Wildman–Crippen MR) is 56.9 cm³/mol. The molecule has 2 heterocycles. The fraction of sp³-hybridized carbons (Fsp3) is 0.636. The van der Waals surface area contributed by atoms with Crippen LogP contribution in [0.15, 0.2) is 10.7 Å². The van der Waals surface area contributed by atoms with Gasteiger partial charge in [-0.2, -0.15) is 4.98 Å². The predicted octanol–water partition coefficient (Wildman–Crippen LogP) is 1.41. The number of carbonyl (C=O) groups excluding carboxylic acids is 1. The van der Waals surface area contributed by atoms with Gasteiger partial charge < -0.3 is 18.6 Å². The average Bonchev–Trinajstić information content (AvgIpc) is 2.79. The first-order valence-corrected chi connectivity index (χ1v) is 5.66. The van der Waals surface area contributed by atoms with Crippen LogP contribution in [-0.4, -0.2) is 36.9 Å². The third-order valence-corrected chi connectivity index (χ3v) is 2.40. The van der Waals surface area contributed by atoms with Crippen molar-refractivity contribution in [2.24, 2.45) is 0 Å². The lowest BCUT2D eigenvalue weighted by Gasteiger charge is -2.20. The van der Waals surface area contributed by atoms with Gasteiger partial charge in [0.15, 0.2) is 5.69 Å². The molecular formula is C11H15NO5. The van der Waals surface area contributed by atoms with E-state index in [1.54, 1.807) is 6.92 Å². The van der Waals surface area contributed by atoms with E-state index in [4.69, 9.17) is 18.6 Å². The van der Waals surface area contributed by atoms with Crippen LogP contribution in [0.1, 0.15) is 30.3 Å². The molecule has 1 aliphatic heterocycles. The fourth-order valence-corrected chi connectivity index (χ4v) is 1.55. The molecule has 1 aromatic heterocycles. The lowest BCUT2D eigenvalue weighted by Crippen LogP contribution is -2.26. The zero-order valence-corrected chi connectivity index (χ0v) is 9.68. The van der Waals surface area contributed by atoms with E-state index < -0.39 is 5.97 Å². The summed E-state index contributed by atoms with van der Waals surface area (Å²) in [5.74, 6) is -0.502. The summed E-state index contributed by atoms with van der Waals surface area (Å²) in [6.07, 6.45) is 3.00. The van der Waals surface area contributed by atoms with E-state index in [1.807, 2.05) is 0 Å². The van der Waals surface area contributed by atoms with E-state index in [0.717, 1.165) is 12.8 Å². The number of rotatable bonds is 4. The number of hydrogen-bond acceptors (Lipinski definition) is 6. The van der Waals surface area contributed by atoms with Gasteiger partial charge in [0.05, 0.1) is 19.8 Å². The highest BCUT2D eigenvalue weighted by atomic mass is 16.6. The van der Waals surface area contributed by atoms with Crippen LogP contribution in [-0.2, 0) is 9.47 Å². The Kier molecular flexibility index (Phi) is 3.98. The normalized spacial score (nSPS) is 16.8. The van der Waals surface area contributed by atoms with Gasteiger partial charge in [0.1, 0.15) is 12.4 Å². The van der Waals surface area contributed by atoms with E-state index in [0.29, 0.717) is 19.8 Å². The Labute approximate surface area is 98.9 Å². The highest BCUT2D eigenvalue weighted by molar-refractivity contribution is 5.86. The van der Waals surface area contributed by atoms with Crippen molar-refractivity contribution in [3.63, 3.8) is 0 Å². The molecule has 0 bridgehead atoms. The second-order valence-electron chi connectivity index (χ2n) is 3.65. The molecule has 0 aliphatic carbocycles. The summed E-state index contributed by atoms with van der Waals surface area (Å²) in [7, 11) is 0. The maximum Gasteiger partial charge on any atom is 0.394 e. The molecule has 0 atom stereocenters. The Morgan fingerprint density at radius 3 is 3.00 bits per heavy atom. The van der Waals surface area contributed by atoms with Crippen LogP contribution in [0.2, 0.25) is 0 Å². The molecular weight excluding hydrogens is 226 g/mol. The SMILES string of the molecule is CCOC(=O)c1coc(OC2CCOCC2)n1. The van der Waals surface area contributed by atoms with Gasteiger partial charge in [-0.1, -0.05) is 0 Å². The Morgan fingerprint density at radius 2 is 2.29 bits per heavy atom. The van der Waals surface area contributed by atoms with Crippen LogP contribution in [0.5, 0.6) is 6.08 Å². The number of aromatic nitrogens is 1. The third-order valence-electron chi connectivity index (χ3n) is 2.40. The molecule has 1 aromatic rings. The number of esters is 1. The van der Waals surface area contributed by atoms with Crippen molar-refractivity contribution in [2.45, 2.75) is 25.9 Å². The summed E-state index contributed by atoms with van der Waals surface area (Å²) in [6.45, 7) is 3.39. The molecule has 1 aliphatic rings. The van der Waals surface area contributed by atoms with Crippen molar-refractivity contribution < 1.29 is 23.4 Å². The van der Waals surface area contributed by atoms with Crippen molar-refractivity contribution in [1.29, 1.82) is 0 Å². The number of ether oxygens (including phenoxy) is 3. The van der Waals surface area contributed by atoms with E-state index >= 15 is 0 Å². The molecule has 17 heavy (non-hydrogen) atoms. The summed E-state index contributed by atoms with van der Waals surface area (Å²) in [5.41, 5.74) is 0.133. The molecule has 0 radical (unpaired) electrons. The van der Waals surface area contributed by atoms with Gasteiger partial charge in [-0.25, -0.2) is 4.79 Å². The van der Waals surface area contributed by atoms with Crippen molar-refractivity contribution in [1.82, 2.24) is 4.98 Å². The summed E-state index contributed by atoms with van der Waals surface area (Å²) >= 11 is 0. The molecule has 6 heteroatoms. The number of hydrogen-bond donors (Lipinski definition) is 0. The van der Waals surface area contributed by atoms with Gasteiger partial charge in [-0.15, -0.1) is 0 Å². The van der Waals surface area contributed by atoms with Gasteiger partial charge in [-0.3, -0.25) is 0 Å². The zero-order chi connectivity index (χ0) is 12.1. The third kappa shape index (κ3) is 3.20. The van der Waals surface area contributed by atoms with Crippen molar-refractivity contribution in [3.05, 3.63) is 12.0 Å². The quantitative estimate of drug-likeness (QED) is 0.742. The number of nitrogens with zero attached hydrogens (tertiary/aromatic N) is 1. The summed E-state index contributed by atoms with van der Waals surface area (Å²) in [5, 5.41) is 0. The first-order valence-electron chi connectivity index (χ1n) is 5.66. The van der Waals surface area contributed by atoms with Gasteiger partial charge >= 0.3 is 12.0 Å². The highest BCUT2D eigenvalue weighted by Gasteiger charge is 2.19. The molecule has 1 fully saturated rings. The Balaban J connectivity index is 1.91. The van der Waals surface area contributed by atoms with Gasteiger partial charge in [-0.05, 0) is 6.92 Å². The molecule has 6 nitrogen and oxygen atoms in total. The monoisotopic (exact) mass is 241 g/mol. The largest absolute Gasteiger partial charge is 0.461 e. The van der Waals surface area contributed by atoms with Crippen LogP contribution in [0.25, 0.3) is 0 Å². The standard InChI is InChI=1S/C11H15NO5/c1-2-15-10(13)9-7-16-11(12-9)17-8-3-5-14-6-4-8/h7-8H,2-6H2,1H3. The Morgan fingerprint density at radius 1 is 1.53 bits per heavy atom. The van der Waals surface area contributed by atoms with Crippen LogP contribution < -0.4 is 4.74 Å². The smallest absolute Gasteiger partial charge is 0.394 e. The van der Waals surface area contributed by atoms with Gasteiger partial charge in [0, 0.05) is 12.8 Å². The van der Waals surface area contributed by atoms with Crippen molar-refractivity contribution >= 4 is 5.97 Å². The highest BCUT2D eigenvalue weighted by Crippen LogP contribution is 2.17. The Bertz CT molecular complexity index is 370. The zero-order valence-electron chi connectivity index (χ0n) is 9.68. The minimum atomic E-state index is -0.502. The van der Waals surface area contributed by atoms with Gasteiger partial charge in [0.2, 0.25) is 0 Å². The average molecular weight is 241 g/mol. The molecule has 0 aromatic carbocycles. The maximum atomic E-state index is 11.3. The first-order chi connectivity index (χ1) is 8.29. The summed E-state index contributed by atoms with van der Waals surface area (Å²) in [6, 6.07) is 0. The molecule has 94 valence electrons. The summed E-state index contributed by atoms with van der Waals surface area (Å²) < 4.78 is 20.6. The lowest BCUT2D eigenvalue weighted by atomic mass is 10.2. The molecule has 0 amide bonds. The molecule has 2 rings (SSSR count). The molecule has 1 saturated heterocycles. The summed E-state index contributed by atoms with van der Waals surface area (Å²) in [4.78, 5) is 15.2. The number of carbonyl (C=O) groups is 1. The van der Waals surface area contributed by atoms with E-state index in [1.165, 1.54) is 6.26 Å². The second-order valence-corrected chi connectivity index (χ2v) is 3.65. The van der Waals surface area contributed by atoms with Crippen LogP contribution in [0, 0.1) is 0 Å². The molecule has 0 spiro atoms. The number of oxazole rings is 1. The molecule has 0 unspecified atom stereocenters. The molecule has 0 N–H and O–H groups in total.